The smallest absolute Gasteiger partial charge is 0.258 e. The minimum Gasteiger partial charge on any atom is -0.504 e. The molecular formula is C13H16N2O3. The number of rotatable bonds is 3. The number of nitrogens with zero attached hydrogens (tertiary/aromatic N) is 1. The van der Waals surface area contributed by atoms with E-state index in [1.54, 1.807) is 12.1 Å². The number of hydrogen-bond acceptors (Lipinski definition) is 4. The van der Waals surface area contributed by atoms with Crippen molar-refractivity contribution in [2.75, 3.05) is 13.1 Å². The van der Waals surface area contributed by atoms with Gasteiger partial charge in [0.25, 0.3) is 5.91 Å². The van der Waals surface area contributed by atoms with Crippen LogP contribution in [-0.4, -0.2) is 34.2 Å². The highest BCUT2D eigenvalue weighted by Gasteiger charge is 2.12. The van der Waals surface area contributed by atoms with Crippen LogP contribution in [0.1, 0.15) is 18.4 Å². The third kappa shape index (κ3) is 3.24. The van der Waals surface area contributed by atoms with E-state index in [9.17, 15) is 9.90 Å². The summed E-state index contributed by atoms with van der Waals surface area (Å²) in [5, 5.41) is 20.3. The van der Waals surface area contributed by atoms with Gasteiger partial charge in [-0.05, 0) is 36.6 Å². The number of hydrogen-bond donors (Lipinski definition) is 3. The van der Waals surface area contributed by atoms with Crippen molar-refractivity contribution in [1.82, 2.24) is 10.4 Å². The lowest BCUT2D eigenvalue weighted by Crippen LogP contribution is -2.38. The van der Waals surface area contributed by atoms with Crippen molar-refractivity contribution in [3.05, 3.63) is 29.8 Å². The van der Waals surface area contributed by atoms with Crippen LogP contribution in [0.4, 0.5) is 0 Å². The molecule has 0 saturated carbocycles. The van der Waals surface area contributed by atoms with E-state index in [0.29, 0.717) is 5.56 Å². The summed E-state index contributed by atoms with van der Waals surface area (Å²) in [6.07, 6.45) is 5.21. The van der Waals surface area contributed by atoms with E-state index < -0.39 is 0 Å². The van der Waals surface area contributed by atoms with Crippen LogP contribution in [0.2, 0.25) is 0 Å². The van der Waals surface area contributed by atoms with Crippen molar-refractivity contribution >= 4 is 12.0 Å². The number of carbonyl (C=O) groups is 1. The second-order valence-corrected chi connectivity index (χ2v) is 4.25. The lowest BCUT2D eigenvalue weighted by atomic mass is 10.2. The summed E-state index contributed by atoms with van der Waals surface area (Å²) in [6.45, 7) is 1.78. The lowest BCUT2D eigenvalue weighted by Gasteiger charge is -2.14. The second-order valence-electron chi connectivity index (χ2n) is 4.25. The van der Waals surface area contributed by atoms with Gasteiger partial charge in [-0.1, -0.05) is 6.07 Å². The summed E-state index contributed by atoms with van der Waals surface area (Å²) in [5.74, 6) is -0.560. The Morgan fingerprint density at radius 1 is 1.22 bits per heavy atom. The molecule has 0 aromatic heterocycles. The number of phenolic OH excluding ortho intramolecular Hbond substituents is 2. The van der Waals surface area contributed by atoms with Crippen LogP contribution in [0, 0.1) is 0 Å². The maximum absolute atomic E-state index is 11.6. The molecule has 0 radical (unpaired) electrons. The quantitative estimate of drug-likeness (QED) is 0.556. The van der Waals surface area contributed by atoms with Crippen LogP contribution in [0.15, 0.2) is 24.3 Å². The molecule has 5 nitrogen and oxygen atoms in total. The highest BCUT2D eigenvalue weighted by atomic mass is 16.3. The summed E-state index contributed by atoms with van der Waals surface area (Å²) >= 11 is 0. The first-order chi connectivity index (χ1) is 8.65. The first-order valence-electron chi connectivity index (χ1n) is 5.91. The third-order valence-corrected chi connectivity index (χ3v) is 2.80. The van der Waals surface area contributed by atoms with Gasteiger partial charge in [-0.3, -0.25) is 10.2 Å². The Kier molecular flexibility index (Phi) is 3.84. The third-order valence-electron chi connectivity index (χ3n) is 2.80. The van der Waals surface area contributed by atoms with Gasteiger partial charge in [0.05, 0.1) is 0 Å². The maximum Gasteiger partial charge on any atom is 0.258 e. The number of nitrogens with one attached hydrogen (secondary N) is 1. The van der Waals surface area contributed by atoms with Crippen LogP contribution >= 0.6 is 0 Å². The van der Waals surface area contributed by atoms with Crippen molar-refractivity contribution in [3.63, 3.8) is 0 Å². The highest BCUT2D eigenvalue weighted by Crippen LogP contribution is 2.25. The van der Waals surface area contributed by atoms with E-state index in [1.807, 2.05) is 5.01 Å². The molecule has 0 atom stereocenters. The van der Waals surface area contributed by atoms with Crippen molar-refractivity contribution < 1.29 is 15.0 Å². The lowest BCUT2D eigenvalue weighted by molar-refractivity contribution is -0.120. The molecule has 0 aliphatic carbocycles. The van der Waals surface area contributed by atoms with Crippen molar-refractivity contribution in [2.45, 2.75) is 12.8 Å². The predicted molar refractivity (Wildman–Crippen MR) is 67.8 cm³/mol. The van der Waals surface area contributed by atoms with Crippen LogP contribution in [-0.2, 0) is 4.79 Å². The average molecular weight is 248 g/mol. The summed E-state index contributed by atoms with van der Waals surface area (Å²) in [5.41, 5.74) is 3.43. The molecule has 1 aromatic carbocycles. The minimum absolute atomic E-state index is 0.173. The number of aromatic hydroxyl groups is 2. The summed E-state index contributed by atoms with van der Waals surface area (Å²) in [7, 11) is 0. The van der Waals surface area contributed by atoms with E-state index in [1.165, 1.54) is 18.2 Å². The first-order valence-corrected chi connectivity index (χ1v) is 5.91. The Morgan fingerprint density at radius 2 is 1.94 bits per heavy atom. The standard InChI is InChI=1S/C13H16N2O3/c16-11-5-3-10(9-12(11)17)4-6-13(18)14-15-7-1-2-8-15/h3-6,9,16-17H,1-2,7-8H2,(H,14,18)/b6-4+. The van der Waals surface area contributed by atoms with E-state index in [-0.39, 0.29) is 17.4 Å². The molecule has 18 heavy (non-hydrogen) atoms. The second kappa shape index (κ2) is 5.55. The first kappa shape index (κ1) is 12.4. The van der Waals surface area contributed by atoms with Gasteiger partial charge >= 0.3 is 0 Å². The van der Waals surface area contributed by atoms with Crippen LogP contribution < -0.4 is 5.43 Å². The molecule has 0 bridgehead atoms. The topological polar surface area (TPSA) is 72.8 Å². The van der Waals surface area contributed by atoms with Crippen LogP contribution in [0.5, 0.6) is 11.5 Å². The van der Waals surface area contributed by atoms with Gasteiger partial charge in [-0.25, -0.2) is 5.01 Å². The summed E-state index contributed by atoms with van der Waals surface area (Å²) in [4.78, 5) is 11.6. The SMILES string of the molecule is O=C(/C=C/c1ccc(O)c(O)c1)NN1CCCC1. The van der Waals surface area contributed by atoms with Gasteiger partial charge in [0, 0.05) is 19.2 Å². The van der Waals surface area contributed by atoms with E-state index >= 15 is 0 Å². The molecule has 1 fully saturated rings. The van der Waals surface area contributed by atoms with Gasteiger partial charge in [0.1, 0.15) is 0 Å². The zero-order valence-corrected chi connectivity index (χ0v) is 9.97. The van der Waals surface area contributed by atoms with Gasteiger partial charge in [-0.2, -0.15) is 0 Å². The van der Waals surface area contributed by atoms with E-state index in [2.05, 4.69) is 5.43 Å². The largest absolute Gasteiger partial charge is 0.504 e. The molecule has 0 spiro atoms. The molecule has 1 heterocycles. The van der Waals surface area contributed by atoms with Gasteiger partial charge in [-0.15, -0.1) is 0 Å². The van der Waals surface area contributed by atoms with Gasteiger partial charge in [0.2, 0.25) is 0 Å². The zero-order chi connectivity index (χ0) is 13.0. The fourth-order valence-electron chi connectivity index (χ4n) is 1.84. The predicted octanol–water partition coefficient (Wildman–Crippen LogP) is 1.24. The molecule has 1 amide bonds. The Hall–Kier alpha value is -2.01. The molecule has 3 N–H and O–H groups in total. The monoisotopic (exact) mass is 248 g/mol. The molecule has 1 saturated heterocycles. The Balaban J connectivity index is 1.92. The molecule has 96 valence electrons. The number of amides is 1. The summed E-state index contributed by atoms with van der Waals surface area (Å²) in [6, 6.07) is 4.40. The molecule has 1 aliphatic heterocycles. The van der Waals surface area contributed by atoms with Crippen molar-refractivity contribution in [1.29, 1.82) is 0 Å². The number of phenols is 2. The maximum atomic E-state index is 11.6. The Bertz CT molecular complexity index is 465. The van der Waals surface area contributed by atoms with Crippen molar-refractivity contribution in [3.8, 4) is 11.5 Å². The Labute approximate surface area is 105 Å². The molecule has 2 rings (SSSR count). The fourth-order valence-corrected chi connectivity index (χ4v) is 1.84. The number of carbonyl (C=O) groups excluding carboxylic acids is 1. The summed E-state index contributed by atoms with van der Waals surface area (Å²) < 4.78 is 0. The number of benzene rings is 1. The minimum atomic E-state index is -0.197. The molecule has 0 unspecified atom stereocenters. The van der Waals surface area contributed by atoms with Gasteiger partial charge in [0.15, 0.2) is 11.5 Å². The molecule has 5 heteroatoms. The average Bonchev–Trinajstić information content (AvgIpc) is 2.83. The fraction of sp³-hybridized carbons (Fsp3) is 0.308. The van der Waals surface area contributed by atoms with E-state index in [0.717, 1.165) is 25.9 Å². The van der Waals surface area contributed by atoms with Crippen LogP contribution in [0.3, 0.4) is 0 Å². The highest BCUT2D eigenvalue weighted by molar-refractivity contribution is 5.91. The number of hydrazine groups is 1. The molecule has 1 aliphatic rings. The zero-order valence-electron chi connectivity index (χ0n) is 9.97. The van der Waals surface area contributed by atoms with E-state index in [4.69, 9.17) is 5.11 Å². The molecular weight excluding hydrogens is 232 g/mol. The normalized spacial score (nSPS) is 16.2. The van der Waals surface area contributed by atoms with Crippen LogP contribution in [0.25, 0.3) is 6.08 Å². The Morgan fingerprint density at radius 3 is 2.61 bits per heavy atom. The van der Waals surface area contributed by atoms with Gasteiger partial charge < -0.3 is 10.2 Å². The molecule has 1 aromatic rings. The van der Waals surface area contributed by atoms with Crippen molar-refractivity contribution in [2.24, 2.45) is 0 Å².